The monoisotopic (exact) mass is 480 g/mol. The number of imide groups is 1. The molecule has 0 saturated carbocycles. The van der Waals surface area contributed by atoms with Gasteiger partial charge in [0.2, 0.25) is 18.6 Å². The minimum atomic E-state index is -0.249. The van der Waals surface area contributed by atoms with Crippen LogP contribution in [0.4, 0.5) is 10.8 Å². The van der Waals surface area contributed by atoms with Crippen molar-refractivity contribution in [1.29, 1.82) is 0 Å². The Hall–Kier alpha value is -3.50. The van der Waals surface area contributed by atoms with E-state index in [-0.39, 0.29) is 37.4 Å². The Morgan fingerprint density at radius 2 is 1.79 bits per heavy atom. The maximum atomic E-state index is 13.7. The van der Waals surface area contributed by atoms with Crippen LogP contribution in [0.5, 0.6) is 11.5 Å². The van der Waals surface area contributed by atoms with Gasteiger partial charge in [-0.1, -0.05) is 17.4 Å². The molecule has 0 N–H and O–H groups in total. The summed E-state index contributed by atoms with van der Waals surface area (Å²) in [5.74, 6) is 0.573. The molecule has 0 atom stereocenters. The summed E-state index contributed by atoms with van der Waals surface area (Å²) in [6, 6.07) is 10.4. The van der Waals surface area contributed by atoms with E-state index in [0.29, 0.717) is 34.4 Å². The molecule has 2 aromatic carbocycles. The van der Waals surface area contributed by atoms with Crippen molar-refractivity contribution in [3.8, 4) is 11.5 Å². The largest absolute Gasteiger partial charge is 0.454 e. The molecule has 2 aliphatic rings. The second-order valence-corrected chi connectivity index (χ2v) is 9.47. The first-order chi connectivity index (χ1) is 16.4. The summed E-state index contributed by atoms with van der Waals surface area (Å²) in [7, 11) is 3.97. The number of ether oxygens (including phenoxy) is 2. The second kappa shape index (κ2) is 9.03. The van der Waals surface area contributed by atoms with Crippen LogP contribution in [0.3, 0.4) is 0 Å². The van der Waals surface area contributed by atoms with E-state index in [2.05, 4.69) is 4.90 Å². The van der Waals surface area contributed by atoms with Crippen LogP contribution in [0.15, 0.2) is 36.4 Å². The molecule has 9 nitrogen and oxygen atoms in total. The number of hydrogen-bond donors (Lipinski definition) is 0. The summed E-state index contributed by atoms with van der Waals surface area (Å²) in [4.78, 5) is 47.6. The highest BCUT2D eigenvalue weighted by molar-refractivity contribution is 7.22. The van der Waals surface area contributed by atoms with Crippen molar-refractivity contribution in [3.63, 3.8) is 0 Å². The van der Waals surface area contributed by atoms with Crippen LogP contribution in [-0.2, 0) is 9.59 Å². The molecule has 3 heterocycles. The fourth-order valence-corrected chi connectivity index (χ4v) is 5.05. The van der Waals surface area contributed by atoms with Gasteiger partial charge < -0.3 is 14.4 Å². The van der Waals surface area contributed by atoms with Gasteiger partial charge in [-0.15, -0.1) is 0 Å². The van der Waals surface area contributed by atoms with Crippen LogP contribution in [0, 0.1) is 0 Å². The van der Waals surface area contributed by atoms with Gasteiger partial charge in [-0.2, -0.15) is 0 Å². The summed E-state index contributed by atoms with van der Waals surface area (Å²) >= 11 is 1.41. The summed E-state index contributed by atoms with van der Waals surface area (Å²) in [5.41, 5.74) is 1.54. The highest BCUT2D eigenvalue weighted by atomic mass is 32.1. The lowest BCUT2D eigenvalue weighted by Gasteiger charge is -2.22. The first-order valence-corrected chi connectivity index (χ1v) is 11.8. The van der Waals surface area contributed by atoms with Gasteiger partial charge in [-0.25, -0.2) is 4.98 Å². The van der Waals surface area contributed by atoms with Crippen molar-refractivity contribution in [2.45, 2.75) is 19.3 Å². The van der Waals surface area contributed by atoms with Crippen LogP contribution >= 0.6 is 11.3 Å². The van der Waals surface area contributed by atoms with Crippen molar-refractivity contribution < 1.29 is 23.9 Å². The highest BCUT2D eigenvalue weighted by Gasteiger charge is 2.31. The molecular weight excluding hydrogens is 456 g/mol. The molecule has 1 saturated heterocycles. The fraction of sp³-hybridized carbons (Fsp3) is 0.333. The predicted molar refractivity (Wildman–Crippen MR) is 129 cm³/mol. The number of thiazole rings is 1. The number of rotatable bonds is 7. The minimum absolute atomic E-state index is 0.187. The van der Waals surface area contributed by atoms with Gasteiger partial charge in [0.15, 0.2) is 16.6 Å². The number of aromatic nitrogens is 1. The predicted octanol–water partition coefficient (Wildman–Crippen LogP) is 3.28. The third-order valence-corrected chi connectivity index (χ3v) is 6.78. The van der Waals surface area contributed by atoms with E-state index < -0.39 is 0 Å². The van der Waals surface area contributed by atoms with Crippen LogP contribution in [-0.4, -0.2) is 61.6 Å². The Morgan fingerprint density at radius 3 is 2.53 bits per heavy atom. The zero-order valence-corrected chi connectivity index (χ0v) is 19.8. The number of hydrogen-bond acceptors (Lipinski definition) is 8. The Morgan fingerprint density at radius 1 is 1.06 bits per heavy atom. The van der Waals surface area contributed by atoms with Crippen LogP contribution in [0.2, 0.25) is 0 Å². The number of carbonyl (C=O) groups excluding carboxylic acids is 3. The number of benzene rings is 2. The van der Waals surface area contributed by atoms with Gasteiger partial charge in [0.05, 0.1) is 15.9 Å². The molecule has 10 heteroatoms. The number of amides is 3. The van der Waals surface area contributed by atoms with E-state index in [4.69, 9.17) is 14.5 Å². The first-order valence-electron chi connectivity index (χ1n) is 11.0. The zero-order chi connectivity index (χ0) is 23.8. The number of fused-ring (bicyclic) bond motifs is 2. The highest BCUT2D eigenvalue weighted by Crippen LogP contribution is 2.40. The standard InChI is InChI=1S/C24H24N4O5S/c1-26(2)9-4-10-27(24-25-17-12-18-19(33-14-32-18)13-20(17)34-24)23(31)15-5-3-6-16(11-15)28-21(29)7-8-22(28)30/h3,5-6,11-13H,4,7-10,14H2,1-2H3. The van der Waals surface area contributed by atoms with E-state index in [0.717, 1.165) is 28.1 Å². The molecule has 3 amide bonds. The minimum Gasteiger partial charge on any atom is -0.454 e. The first kappa shape index (κ1) is 22.3. The van der Waals surface area contributed by atoms with Crippen LogP contribution < -0.4 is 19.3 Å². The molecule has 0 unspecified atom stereocenters. The lowest BCUT2D eigenvalue weighted by molar-refractivity contribution is -0.121. The van der Waals surface area contributed by atoms with E-state index in [1.54, 1.807) is 29.2 Å². The van der Waals surface area contributed by atoms with E-state index >= 15 is 0 Å². The Bertz CT molecular complexity index is 1230. The summed E-state index contributed by atoms with van der Waals surface area (Å²) in [6.07, 6.45) is 1.13. The zero-order valence-electron chi connectivity index (χ0n) is 18.9. The van der Waals surface area contributed by atoms with E-state index in [1.807, 2.05) is 26.2 Å². The van der Waals surface area contributed by atoms with Gasteiger partial charge in [0.25, 0.3) is 5.91 Å². The third kappa shape index (κ3) is 4.22. The Kier molecular flexibility index (Phi) is 5.93. The molecule has 3 aromatic rings. The average molecular weight is 481 g/mol. The molecule has 176 valence electrons. The van der Waals surface area contributed by atoms with Gasteiger partial charge in [0, 0.05) is 37.1 Å². The van der Waals surface area contributed by atoms with E-state index in [1.165, 1.54) is 11.3 Å². The SMILES string of the molecule is CN(C)CCCN(C(=O)c1cccc(N2C(=O)CCC2=O)c1)c1nc2cc3c(cc2s1)OCO3. The topological polar surface area (TPSA) is 92.3 Å². The van der Waals surface area contributed by atoms with Gasteiger partial charge in [-0.3, -0.25) is 24.2 Å². The number of carbonyl (C=O) groups is 3. The molecule has 0 bridgehead atoms. The second-order valence-electron chi connectivity index (χ2n) is 8.46. The fourth-order valence-electron chi connectivity index (χ4n) is 4.05. The lowest BCUT2D eigenvalue weighted by atomic mass is 10.1. The summed E-state index contributed by atoms with van der Waals surface area (Å²) in [6.45, 7) is 1.46. The maximum Gasteiger partial charge on any atom is 0.260 e. The lowest BCUT2D eigenvalue weighted by Crippen LogP contribution is -2.34. The van der Waals surface area contributed by atoms with Crippen molar-refractivity contribution in [1.82, 2.24) is 9.88 Å². The molecule has 34 heavy (non-hydrogen) atoms. The van der Waals surface area contributed by atoms with Crippen LogP contribution in [0.25, 0.3) is 10.2 Å². The van der Waals surface area contributed by atoms with Gasteiger partial charge in [-0.05, 0) is 45.3 Å². The quantitative estimate of drug-likeness (QED) is 0.479. The molecule has 1 fully saturated rings. The van der Waals surface area contributed by atoms with Crippen LogP contribution in [0.1, 0.15) is 29.6 Å². The Labute approximate surface area is 200 Å². The van der Waals surface area contributed by atoms with Gasteiger partial charge >= 0.3 is 0 Å². The van der Waals surface area contributed by atoms with Crippen molar-refractivity contribution in [2.75, 3.05) is 43.8 Å². The molecule has 2 aliphatic heterocycles. The van der Waals surface area contributed by atoms with Crippen molar-refractivity contribution >= 4 is 50.1 Å². The Balaban J connectivity index is 1.48. The maximum absolute atomic E-state index is 13.7. The smallest absolute Gasteiger partial charge is 0.260 e. The van der Waals surface area contributed by atoms with Crippen molar-refractivity contribution in [3.05, 3.63) is 42.0 Å². The molecular formula is C24H24N4O5S. The molecule has 0 aliphatic carbocycles. The molecule has 0 radical (unpaired) electrons. The number of nitrogens with zero attached hydrogens (tertiary/aromatic N) is 4. The number of anilines is 2. The van der Waals surface area contributed by atoms with Crippen molar-refractivity contribution in [2.24, 2.45) is 0 Å². The normalized spacial score (nSPS) is 15.1. The molecule has 0 spiro atoms. The summed E-state index contributed by atoms with van der Waals surface area (Å²) < 4.78 is 11.8. The van der Waals surface area contributed by atoms with Gasteiger partial charge in [0.1, 0.15) is 0 Å². The third-order valence-electron chi connectivity index (χ3n) is 5.74. The molecule has 5 rings (SSSR count). The summed E-state index contributed by atoms with van der Waals surface area (Å²) in [5, 5.41) is 0.571. The van der Waals surface area contributed by atoms with E-state index in [9.17, 15) is 14.4 Å². The average Bonchev–Trinajstić information content (AvgIpc) is 3.52. The molecule has 1 aromatic heterocycles.